The lowest BCUT2D eigenvalue weighted by atomic mass is 9.99. The third-order valence-electron chi connectivity index (χ3n) is 3.41. The Balaban J connectivity index is 1.78. The fourth-order valence-corrected chi connectivity index (χ4v) is 3.13. The molecule has 1 aromatic heterocycles. The van der Waals surface area contributed by atoms with Gasteiger partial charge in [0, 0.05) is 25.2 Å². The topological polar surface area (TPSA) is 29.0 Å². The quantitative estimate of drug-likeness (QED) is 0.779. The van der Waals surface area contributed by atoms with Gasteiger partial charge in [-0.2, -0.15) is 0 Å². The minimum atomic E-state index is 0.622. The Morgan fingerprint density at radius 2 is 2.06 bits per heavy atom. The zero-order chi connectivity index (χ0) is 12.4. The van der Waals surface area contributed by atoms with Crippen molar-refractivity contribution in [3.63, 3.8) is 0 Å². The van der Waals surface area contributed by atoms with E-state index in [1.807, 2.05) is 6.20 Å². The summed E-state index contributed by atoms with van der Waals surface area (Å²) in [6.07, 6.45) is 4.70. The van der Waals surface area contributed by atoms with Crippen LogP contribution in [-0.2, 0) is 0 Å². The van der Waals surface area contributed by atoms with E-state index in [1.54, 1.807) is 6.33 Å². The average Bonchev–Trinajstić information content (AvgIpc) is 2.90. The van der Waals surface area contributed by atoms with Gasteiger partial charge in [-0.25, -0.2) is 9.97 Å². The van der Waals surface area contributed by atoms with Crippen molar-refractivity contribution in [2.45, 2.75) is 12.3 Å². The van der Waals surface area contributed by atoms with Crippen molar-refractivity contribution < 1.29 is 0 Å². The molecule has 1 aliphatic heterocycles. The minimum Gasteiger partial charge on any atom is -0.355 e. The highest BCUT2D eigenvalue weighted by Crippen LogP contribution is 2.31. The van der Waals surface area contributed by atoms with E-state index in [1.165, 1.54) is 12.0 Å². The first kappa shape index (κ1) is 11.9. The highest BCUT2D eigenvalue weighted by atomic mass is 127. The first-order chi connectivity index (χ1) is 8.84. The normalized spacial score (nSPS) is 19.2. The Morgan fingerprint density at radius 1 is 1.22 bits per heavy atom. The molecule has 1 unspecified atom stereocenters. The van der Waals surface area contributed by atoms with Gasteiger partial charge in [-0.1, -0.05) is 30.3 Å². The number of anilines is 1. The zero-order valence-electron chi connectivity index (χ0n) is 9.96. The smallest absolute Gasteiger partial charge is 0.145 e. The first-order valence-corrected chi connectivity index (χ1v) is 7.18. The number of aromatic nitrogens is 2. The maximum Gasteiger partial charge on any atom is 0.145 e. The summed E-state index contributed by atoms with van der Waals surface area (Å²) < 4.78 is 1.13. The van der Waals surface area contributed by atoms with E-state index in [9.17, 15) is 0 Å². The monoisotopic (exact) mass is 351 g/mol. The van der Waals surface area contributed by atoms with Gasteiger partial charge in [0.05, 0.1) is 3.57 Å². The van der Waals surface area contributed by atoms with Gasteiger partial charge in [-0.05, 0) is 34.6 Å². The minimum absolute atomic E-state index is 0.622. The molecule has 2 heterocycles. The van der Waals surface area contributed by atoms with Gasteiger partial charge >= 0.3 is 0 Å². The lowest BCUT2D eigenvalue weighted by molar-refractivity contribution is 0.774. The summed E-state index contributed by atoms with van der Waals surface area (Å²) in [7, 11) is 0. The Labute approximate surface area is 120 Å². The molecular formula is C14H14IN3. The molecule has 1 saturated heterocycles. The molecule has 1 fully saturated rings. The zero-order valence-corrected chi connectivity index (χ0v) is 12.1. The molecule has 0 amide bonds. The number of rotatable bonds is 2. The van der Waals surface area contributed by atoms with Crippen molar-refractivity contribution in [1.82, 2.24) is 9.97 Å². The van der Waals surface area contributed by atoms with Crippen LogP contribution in [0.4, 0.5) is 5.82 Å². The summed E-state index contributed by atoms with van der Waals surface area (Å²) in [6.45, 7) is 2.13. The second-order valence-electron chi connectivity index (χ2n) is 4.54. The third-order valence-corrected chi connectivity index (χ3v) is 4.17. The van der Waals surface area contributed by atoms with Crippen molar-refractivity contribution >= 4 is 28.4 Å². The van der Waals surface area contributed by atoms with E-state index in [4.69, 9.17) is 0 Å². The predicted molar refractivity (Wildman–Crippen MR) is 80.8 cm³/mol. The SMILES string of the molecule is Ic1cncnc1N1CCC(c2ccccc2)C1. The number of benzene rings is 1. The van der Waals surface area contributed by atoms with Crippen LogP contribution < -0.4 is 4.90 Å². The van der Waals surface area contributed by atoms with E-state index in [0.29, 0.717) is 5.92 Å². The molecule has 1 aliphatic rings. The van der Waals surface area contributed by atoms with Crippen LogP contribution in [0.5, 0.6) is 0 Å². The van der Waals surface area contributed by atoms with Crippen LogP contribution in [-0.4, -0.2) is 23.1 Å². The fourth-order valence-electron chi connectivity index (χ4n) is 2.49. The maximum atomic E-state index is 4.40. The van der Waals surface area contributed by atoms with Crippen molar-refractivity contribution in [1.29, 1.82) is 0 Å². The van der Waals surface area contributed by atoms with Crippen LogP contribution in [0.3, 0.4) is 0 Å². The Bertz CT molecular complexity index is 530. The maximum absolute atomic E-state index is 4.40. The largest absolute Gasteiger partial charge is 0.355 e. The average molecular weight is 351 g/mol. The molecule has 0 saturated carbocycles. The number of hydrogen-bond acceptors (Lipinski definition) is 3. The molecule has 0 radical (unpaired) electrons. The van der Waals surface area contributed by atoms with E-state index in [0.717, 1.165) is 22.5 Å². The molecule has 1 aromatic carbocycles. The van der Waals surface area contributed by atoms with Crippen molar-refractivity contribution in [3.8, 4) is 0 Å². The predicted octanol–water partition coefficient (Wildman–Crippen LogP) is 3.08. The summed E-state index contributed by atoms with van der Waals surface area (Å²) in [4.78, 5) is 10.8. The molecule has 4 heteroatoms. The van der Waals surface area contributed by atoms with Crippen LogP contribution in [0.2, 0.25) is 0 Å². The molecule has 1 atom stereocenters. The summed E-state index contributed by atoms with van der Waals surface area (Å²) in [5.74, 6) is 1.70. The van der Waals surface area contributed by atoms with Crippen LogP contribution >= 0.6 is 22.6 Å². The van der Waals surface area contributed by atoms with Crippen LogP contribution in [0.1, 0.15) is 17.9 Å². The third kappa shape index (κ3) is 2.34. The van der Waals surface area contributed by atoms with Crippen LogP contribution in [0.25, 0.3) is 0 Å². The second-order valence-corrected chi connectivity index (χ2v) is 5.70. The molecule has 18 heavy (non-hydrogen) atoms. The number of halogens is 1. The van der Waals surface area contributed by atoms with Gasteiger partial charge in [0.1, 0.15) is 12.1 Å². The Hall–Kier alpha value is -1.17. The summed E-state index contributed by atoms with van der Waals surface area (Å²) in [6, 6.07) is 10.8. The van der Waals surface area contributed by atoms with E-state index < -0.39 is 0 Å². The standard InChI is InChI=1S/C14H14IN3/c15-13-8-16-10-17-14(13)18-7-6-12(9-18)11-4-2-1-3-5-11/h1-5,8,10,12H,6-7,9H2. The Morgan fingerprint density at radius 3 is 2.83 bits per heavy atom. The highest BCUT2D eigenvalue weighted by molar-refractivity contribution is 14.1. The first-order valence-electron chi connectivity index (χ1n) is 6.10. The summed E-state index contributed by atoms with van der Waals surface area (Å²) >= 11 is 2.31. The van der Waals surface area contributed by atoms with Gasteiger partial charge in [0.25, 0.3) is 0 Å². The van der Waals surface area contributed by atoms with Crippen molar-refractivity contribution in [2.24, 2.45) is 0 Å². The van der Waals surface area contributed by atoms with Crippen LogP contribution in [0, 0.1) is 3.57 Å². The molecule has 3 nitrogen and oxygen atoms in total. The Kier molecular flexibility index (Phi) is 3.45. The molecular weight excluding hydrogens is 337 g/mol. The van der Waals surface area contributed by atoms with Gasteiger partial charge in [0.15, 0.2) is 0 Å². The molecule has 92 valence electrons. The van der Waals surface area contributed by atoms with Gasteiger partial charge in [-0.15, -0.1) is 0 Å². The molecule has 0 bridgehead atoms. The van der Waals surface area contributed by atoms with E-state index >= 15 is 0 Å². The summed E-state index contributed by atoms with van der Waals surface area (Å²) in [5, 5.41) is 0. The fraction of sp³-hybridized carbons (Fsp3) is 0.286. The lowest BCUT2D eigenvalue weighted by Crippen LogP contribution is -2.21. The van der Waals surface area contributed by atoms with Crippen molar-refractivity contribution in [2.75, 3.05) is 18.0 Å². The molecule has 0 spiro atoms. The number of nitrogens with zero attached hydrogens (tertiary/aromatic N) is 3. The van der Waals surface area contributed by atoms with Crippen LogP contribution in [0.15, 0.2) is 42.9 Å². The number of hydrogen-bond donors (Lipinski definition) is 0. The molecule has 0 aliphatic carbocycles. The molecule has 0 N–H and O–H groups in total. The van der Waals surface area contributed by atoms with Gasteiger partial charge in [-0.3, -0.25) is 0 Å². The van der Waals surface area contributed by atoms with E-state index in [2.05, 4.69) is 67.8 Å². The highest BCUT2D eigenvalue weighted by Gasteiger charge is 2.25. The van der Waals surface area contributed by atoms with Gasteiger partial charge < -0.3 is 4.90 Å². The molecule has 3 rings (SSSR count). The van der Waals surface area contributed by atoms with E-state index in [-0.39, 0.29) is 0 Å². The second kappa shape index (κ2) is 5.22. The summed E-state index contributed by atoms with van der Waals surface area (Å²) in [5.41, 5.74) is 1.43. The lowest BCUT2D eigenvalue weighted by Gasteiger charge is -2.18. The van der Waals surface area contributed by atoms with Gasteiger partial charge in [0.2, 0.25) is 0 Å². The van der Waals surface area contributed by atoms with Crippen molar-refractivity contribution in [3.05, 3.63) is 52.0 Å². The molecule has 2 aromatic rings.